The highest BCUT2D eigenvalue weighted by atomic mass is 16.4. The molecule has 1 amide bonds. The molecule has 0 rings (SSSR count). The topological polar surface area (TPSA) is 77.8 Å². The number of aliphatic carboxylic acids is 1. The molecule has 0 saturated heterocycles. The average molecular weight is 231 g/mol. The van der Waals surface area contributed by atoms with Crippen molar-refractivity contribution in [1.82, 2.24) is 4.90 Å². The number of carbonyl (C=O) groups is 2. The van der Waals surface area contributed by atoms with Crippen LogP contribution in [0.4, 0.5) is 0 Å². The Labute approximate surface area is 96.1 Å². The number of likely N-dealkylation sites (N-methyl/N-ethyl adjacent to an activating group) is 1. The summed E-state index contributed by atoms with van der Waals surface area (Å²) in [6.07, 6.45) is 0. The first-order chi connectivity index (χ1) is 7.02. The Morgan fingerprint density at radius 2 is 1.62 bits per heavy atom. The molecule has 5 nitrogen and oxygen atoms in total. The molecule has 0 saturated carbocycles. The van der Waals surface area contributed by atoms with Crippen LogP contribution in [0, 0.1) is 5.41 Å². The third-order valence-corrected chi connectivity index (χ3v) is 2.32. The van der Waals surface area contributed by atoms with Crippen molar-refractivity contribution in [3.05, 3.63) is 0 Å². The molecule has 2 N–H and O–H groups in total. The third-order valence-electron chi connectivity index (χ3n) is 2.32. The van der Waals surface area contributed by atoms with E-state index in [0.29, 0.717) is 6.54 Å². The number of nitrogens with zero attached hydrogens (tertiary/aromatic N) is 1. The van der Waals surface area contributed by atoms with E-state index >= 15 is 0 Å². The average Bonchev–Trinajstić information content (AvgIpc) is 2.11. The Hall–Kier alpha value is -1.10. The van der Waals surface area contributed by atoms with Crippen LogP contribution >= 0.6 is 0 Å². The molecule has 0 aromatic heterocycles. The smallest absolute Gasteiger partial charge is 0.318 e. The zero-order chi connectivity index (χ0) is 13.1. The molecule has 0 atom stereocenters. The van der Waals surface area contributed by atoms with E-state index in [1.807, 2.05) is 0 Å². The standard InChI is InChI=1S/C11H21NO4/c1-6-12(7-10(2,3)16)8(13)11(4,5)9(14)15/h16H,6-7H2,1-5H3,(H,14,15). The predicted octanol–water partition coefficient (Wildman–Crippen LogP) is 0.717. The summed E-state index contributed by atoms with van der Waals surface area (Å²) in [6, 6.07) is 0. The van der Waals surface area contributed by atoms with Crippen molar-refractivity contribution in [2.75, 3.05) is 13.1 Å². The Balaban J connectivity index is 4.86. The molecule has 0 radical (unpaired) electrons. The molecule has 16 heavy (non-hydrogen) atoms. The molecule has 0 unspecified atom stereocenters. The van der Waals surface area contributed by atoms with Crippen LogP contribution in [0.25, 0.3) is 0 Å². The monoisotopic (exact) mass is 231 g/mol. The second-order valence-corrected chi connectivity index (χ2v) is 5.06. The second kappa shape index (κ2) is 4.82. The van der Waals surface area contributed by atoms with Gasteiger partial charge in [0.1, 0.15) is 5.41 Å². The van der Waals surface area contributed by atoms with E-state index in [4.69, 9.17) is 5.11 Å². The second-order valence-electron chi connectivity index (χ2n) is 5.06. The normalized spacial score (nSPS) is 12.4. The summed E-state index contributed by atoms with van der Waals surface area (Å²) in [7, 11) is 0. The van der Waals surface area contributed by atoms with E-state index in [1.54, 1.807) is 20.8 Å². The highest BCUT2D eigenvalue weighted by Crippen LogP contribution is 2.20. The van der Waals surface area contributed by atoms with E-state index in [9.17, 15) is 14.7 Å². The Kier molecular flexibility index (Phi) is 4.49. The Bertz CT molecular complexity index is 278. The first-order valence-corrected chi connectivity index (χ1v) is 5.27. The van der Waals surface area contributed by atoms with Gasteiger partial charge in [0.15, 0.2) is 0 Å². The third kappa shape index (κ3) is 3.81. The van der Waals surface area contributed by atoms with Crippen LogP contribution in [-0.2, 0) is 9.59 Å². The molecule has 0 aromatic carbocycles. The highest BCUT2D eigenvalue weighted by molar-refractivity contribution is 6.00. The number of hydrogen-bond acceptors (Lipinski definition) is 3. The van der Waals surface area contributed by atoms with Gasteiger partial charge in [0.25, 0.3) is 0 Å². The lowest BCUT2D eigenvalue weighted by Crippen LogP contribution is -2.49. The molecule has 0 aliphatic carbocycles. The number of carboxylic acids is 1. The minimum absolute atomic E-state index is 0.124. The van der Waals surface area contributed by atoms with E-state index < -0.39 is 22.9 Å². The van der Waals surface area contributed by atoms with E-state index in [2.05, 4.69) is 0 Å². The fourth-order valence-corrected chi connectivity index (χ4v) is 1.28. The number of carboxylic acid groups (broad SMARTS) is 1. The van der Waals surface area contributed by atoms with Crippen LogP contribution in [0.5, 0.6) is 0 Å². The molecule has 94 valence electrons. The molecular weight excluding hydrogens is 210 g/mol. The van der Waals surface area contributed by atoms with Gasteiger partial charge in [0.2, 0.25) is 5.91 Å². The van der Waals surface area contributed by atoms with Crippen LogP contribution < -0.4 is 0 Å². The van der Waals surface area contributed by atoms with E-state index in [-0.39, 0.29) is 6.54 Å². The first-order valence-electron chi connectivity index (χ1n) is 5.27. The van der Waals surface area contributed by atoms with Crippen molar-refractivity contribution in [2.24, 2.45) is 5.41 Å². The lowest BCUT2D eigenvalue weighted by Gasteiger charge is -2.32. The van der Waals surface area contributed by atoms with Gasteiger partial charge < -0.3 is 15.1 Å². The van der Waals surface area contributed by atoms with Gasteiger partial charge in [-0.05, 0) is 34.6 Å². The number of aliphatic hydroxyl groups is 1. The van der Waals surface area contributed by atoms with Gasteiger partial charge in [0.05, 0.1) is 5.60 Å². The van der Waals surface area contributed by atoms with Crippen molar-refractivity contribution in [1.29, 1.82) is 0 Å². The Morgan fingerprint density at radius 3 is 1.88 bits per heavy atom. The maximum Gasteiger partial charge on any atom is 0.318 e. The van der Waals surface area contributed by atoms with Crippen LogP contribution in [0.2, 0.25) is 0 Å². The Morgan fingerprint density at radius 1 is 1.19 bits per heavy atom. The largest absolute Gasteiger partial charge is 0.480 e. The van der Waals surface area contributed by atoms with Gasteiger partial charge >= 0.3 is 5.97 Å². The van der Waals surface area contributed by atoms with Crippen LogP contribution in [0.1, 0.15) is 34.6 Å². The van der Waals surface area contributed by atoms with Gasteiger partial charge in [-0.15, -0.1) is 0 Å². The summed E-state index contributed by atoms with van der Waals surface area (Å²) in [4.78, 5) is 24.2. The lowest BCUT2D eigenvalue weighted by molar-refractivity contribution is -0.159. The van der Waals surface area contributed by atoms with Crippen LogP contribution in [-0.4, -0.2) is 45.7 Å². The van der Waals surface area contributed by atoms with Crippen molar-refractivity contribution in [2.45, 2.75) is 40.2 Å². The molecule has 0 aliphatic rings. The molecule has 0 aliphatic heterocycles. The summed E-state index contributed by atoms with van der Waals surface area (Å²) in [5.41, 5.74) is -2.48. The minimum atomic E-state index is -1.46. The summed E-state index contributed by atoms with van der Waals surface area (Å²) >= 11 is 0. The van der Waals surface area contributed by atoms with Gasteiger partial charge in [-0.25, -0.2) is 0 Å². The zero-order valence-electron chi connectivity index (χ0n) is 10.6. The van der Waals surface area contributed by atoms with E-state index in [1.165, 1.54) is 18.7 Å². The van der Waals surface area contributed by atoms with E-state index in [0.717, 1.165) is 0 Å². The summed E-state index contributed by atoms with van der Waals surface area (Å²) in [5.74, 6) is -1.64. The molecule has 0 aromatic rings. The highest BCUT2D eigenvalue weighted by Gasteiger charge is 2.39. The summed E-state index contributed by atoms with van der Waals surface area (Å²) < 4.78 is 0. The predicted molar refractivity (Wildman–Crippen MR) is 60.0 cm³/mol. The summed E-state index contributed by atoms with van der Waals surface area (Å²) in [5, 5.41) is 18.6. The first kappa shape index (κ1) is 14.9. The molecule has 0 spiro atoms. The molecule has 0 fully saturated rings. The molecule has 5 heteroatoms. The maximum atomic E-state index is 11.9. The maximum absolute atomic E-state index is 11.9. The number of carbonyl (C=O) groups excluding carboxylic acids is 1. The molecule has 0 heterocycles. The van der Waals surface area contributed by atoms with Crippen molar-refractivity contribution < 1.29 is 19.8 Å². The van der Waals surface area contributed by atoms with Crippen molar-refractivity contribution >= 4 is 11.9 Å². The summed E-state index contributed by atoms with van der Waals surface area (Å²) in [6.45, 7) is 8.14. The fraction of sp³-hybridized carbons (Fsp3) is 0.818. The SMILES string of the molecule is CCN(CC(C)(C)O)C(=O)C(C)(C)C(=O)O. The zero-order valence-corrected chi connectivity index (χ0v) is 10.6. The minimum Gasteiger partial charge on any atom is -0.480 e. The van der Waals surface area contributed by atoms with Crippen LogP contribution in [0.15, 0.2) is 0 Å². The lowest BCUT2D eigenvalue weighted by atomic mass is 9.91. The fourth-order valence-electron chi connectivity index (χ4n) is 1.28. The van der Waals surface area contributed by atoms with Crippen LogP contribution in [0.3, 0.4) is 0 Å². The van der Waals surface area contributed by atoms with Gasteiger partial charge in [-0.1, -0.05) is 0 Å². The molecular formula is C11H21NO4. The van der Waals surface area contributed by atoms with Gasteiger partial charge in [-0.3, -0.25) is 9.59 Å². The quantitative estimate of drug-likeness (QED) is 0.683. The van der Waals surface area contributed by atoms with Crippen molar-refractivity contribution in [3.63, 3.8) is 0 Å². The number of amides is 1. The van der Waals surface area contributed by atoms with Crippen molar-refractivity contribution in [3.8, 4) is 0 Å². The number of rotatable bonds is 5. The van der Waals surface area contributed by atoms with Gasteiger partial charge in [-0.2, -0.15) is 0 Å². The molecule has 0 bridgehead atoms. The number of hydrogen-bond donors (Lipinski definition) is 2. The van der Waals surface area contributed by atoms with Gasteiger partial charge in [0, 0.05) is 13.1 Å².